The summed E-state index contributed by atoms with van der Waals surface area (Å²) in [4.78, 5) is 14.4. The molecule has 1 aromatic rings. The van der Waals surface area contributed by atoms with Crippen LogP contribution in [-0.4, -0.2) is 37.0 Å². The maximum absolute atomic E-state index is 11.9. The van der Waals surface area contributed by atoms with Crippen LogP contribution in [0, 0.1) is 11.8 Å². The third kappa shape index (κ3) is 4.97. The van der Waals surface area contributed by atoms with Crippen molar-refractivity contribution in [2.75, 3.05) is 26.2 Å². The molecule has 1 aromatic heterocycles. The van der Waals surface area contributed by atoms with Crippen molar-refractivity contribution >= 4 is 12.0 Å². The predicted molar refractivity (Wildman–Crippen MR) is 96.7 cm³/mol. The van der Waals surface area contributed by atoms with Crippen molar-refractivity contribution < 1.29 is 9.21 Å². The molecule has 2 heterocycles. The minimum absolute atomic E-state index is 0.0417. The summed E-state index contributed by atoms with van der Waals surface area (Å²) < 4.78 is 5.77. The lowest BCUT2D eigenvalue weighted by molar-refractivity contribution is -0.116. The van der Waals surface area contributed by atoms with E-state index in [0.29, 0.717) is 5.92 Å². The van der Waals surface area contributed by atoms with Gasteiger partial charge in [0.2, 0.25) is 5.91 Å². The Labute approximate surface area is 145 Å². The van der Waals surface area contributed by atoms with E-state index in [4.69, 9.17) is 4.42 Å². The first-order valence-corrected chi connectivity index (χ1v) is 9.40. The van der Waals surface area contributed by atoms with Crippen LogP contribution in [0.5, 0.6) is 0 Å². The molecule has 24 heavy (non-hydrogen) atoms. The highest BCUT2D eigenvalue weighted by molar-refractivity contribution is 5.91. The molecule has 2 fully saturated rings. The summed E-state index contributed by atoms with van der Waals surface area (Å²) in [5.74, 6) is 3.97. The van der Waals surface area contributed by atoms with Crippen LogP contribution in [0.25, 0.3) is 6.08 Å². The largest absolute Gasteiger partial charge is 0.461 e. The second-order valence-corrected chi connectivity index (χ2v) is 7.56. The van der Waals surface area contributed by atoms with E-state index in [1.54, 1.807) is 12.2 Å². The second kappa shape index (κ2) is 8.02. The average Bonchev–Trinajstić information content (AvgIpc) is 3.12. The highest BCUT2D eigenvalue weighted by Crippen LogP contribution is 2.47. The highest BCUT2D eigenvalue weighted by atomic mass is 16.3. The average molecular weight is 330 g/mol. The van der Waals surface area contributed by atoms with Gasteiger partial charge in [-0.05, 0) is 75.4 Å². The molecule has 1 aliphatic heterocycles. The van der Waals surface area contributed by atoms with Crippen molar-refractivity contribution in [1.82, 2.24) is 10.2 Å². The van der Waals surface area contributed by atoms with Gasteiger partial charge in [-0.3, -0.25) is 4.79 Å². The van der Waals surface area contributed by atoms with Crippen LogP contribution in [-0.2, 0) is 4.79 Å². The Kier molecular flexibility index (Phi) is 5.77. The molecule has 132 valence electrons. The summed E-state index contributed by atoms with van der Waals surface area (Å²) in [7, 11) is 0. The zero-order valence-electron chi connectivity index (χ0n) is 15.0. The maximum atomic E-state index is 11.9. The van der Waals surface area contributed by atoms with Crippen LogP contribution < -0.4 is 5.32 Å². The lowest BCUT2D eigenvalue weighted by Gasteiger charge is -2.30. The molecule has 1 aliphatic carbocycles. The Morgan fingerprint density at radius 1 is 1.33 bits per heavy atom. The van der Waals surface area contributed by atoms with Gasteiger partial charge in [0.15, 0.2) is 0 Å². The van der Waals surface area contributed by atoms with E-state index in [1.165, 1.54) is 32.4 Å². The zero-order chi connectivity index (χ0) is 16.9. The molecule has 1 saturated heterocycles. The Morgan fingerprint density at radius 3 is 2.79 bits per heavy atom. The zero-order valence-corrected chi connectivity index (χ0v) is 15.0. The molecular formula is C20H30N2O2. The normalized spacial score (nSPS) is 25.2. The van der Waals surface area contributed by atoms with Gasteiger partial charge in [0, 0.05) is 18.5 Å². The Hall–Kier alpha value is -1.55. The van der Waals surface area contributed by atoms with E-state index in [1.807, 2.05) is 12.1 Å². The molecule has 0 radical (unpaired) electrons. The first-order chi connectivity index (χ1) is 11.6. The Balaban J connectivity index is 1.31. The summed E-state index contributed by atoms with van der Waals surface area (Å²) in [6.45, 7) is 8.79. The molecule has 1 saturated carbocycles. The number of piperidine rings is 1. The van der Waals surface area contributed by atoms with Gasteiger partial charge >= 0.3 is 0 Å². The van der Waals surface area contributed by atoms with Gasteiger partial charge in [-0.2, -0.15) is 0 Å². The molecule has 0 spiro atoms. The van der Waals surface area contributed by atoms with Crippen molar-refractivity contribution in [2.24, 2.45) is 11.8 Å². The number of hydrogen-bond donors (Lipinski definition) is 1. The molecule has 1 N–H and O–H groups in total. The number of nitrogens with zero attached hydrogens (tertiary/aromatic N) is 1. The van der Waals surface area contributed by atoms with Gasteiger partial charge in [-0.25, -0.2) is 0 Å². The molecule has 2 aliphatic rings. The standard InChI is InChI=1S/C20H30N2O2/c1-15-8-12-22(13-9-15)11-3-10-21-20(23)7-5-17-4-6-19(24-17)18-14-16(18)2/h4-7,15-16,18H,3,8-14H2,1-2H3,(H,21,23)/b7-5+. The van der Waals surface area contributed by atoms with Gasteiger partial charge in [-0.15, -0.1) is 0 Å². The number of furan rings is 1. The van der Waals surface area contributed by atoms with Crippen molar-refractivity contribution in [3.05, 3.63) is 29.7 Å². The van der Waals surface area contributed by atoms with E-state index in [-0.39, 0.29) is 5.91 Å². The first kappa shape index (κ1) is 17.3. The minimum atomic E-state index is -0.0417. The predicted octanol–water partition coefficient (Wildman–Crippen LogP) is 3.65. The van der Waals surface area contributed by atoms with Crippen molar-refractivity contribution in [1.29, 1.82) is 0 Å². The molecule has 1 amide bonds. The number of likely N-dealkylation sites (tertiary alicyclic amines) is 1. The van der Waals surface area contributed by atoms with E-state index in [0.717, 1.165) is 42.9 Å². The van der Waals surface area contributed by atoms with E-state index in [9.17, 15) is 4.79 Å². The third-order valence-electron chi connectivity index (χ3n) is 5.35. The lowest BCUT2D eigenvalue weighted by Crippen LogP contribution is -2.35. The molecule has 3 rings (SSSR count). The summed E-state index contributed by atoms with van der Waals surface area (Å²) in [5, 5.41) is 2.96. The molecule has 0 bridgehead atoms. The highest BCUT2D eigenvalue weighted by Gasteiger charge is 2.36. The maximum Gasteiger partial charge on any atom is 0.244 e. The summed E-state index contributed by atoms with van der Waals surface area (Å²) in [6.07, 6.45) is 8.17. The fraction of sp³-hybridized carbons (Fsp3) is 0.650. The summed E-state index contributed by atoms with van der Waals surface area (Å²) in [6, 6.07) is 3.98. The number of hydrogen-bond acceptors (Lipinski definition) is 3. The number of rotatable bonds is 7. The summed E-state index contributed by atoms with van der Waals surface area (Å²) in [5.41, 5.74) is 0. The van der Waals surface area contributed by atoms with E-state index < -0.39 is 0 Å². The Morgan fingerprint density at radius 2 is 2.08 bits per heavy atom. The molecule has 2 atom stereocenters. The monoisotopic (exact) mass is 330 g/mol. The van der Waals surface area contributed by atoms with Gasteiger partial charge in [-0.1, -0.05) is 13.8 Å². The van der Waals surface area contributed by atoms with Crippen molar-refractivity contribution in [2.45, 2.75) is 45.4 Å². The second-order valence-electron chi connectivity index (χ2n) is 7.56. The van der Waals surface area contributed by atoms with Crippen LogP contribution in [0.1, 0.15) is 57.0 Å². The van der Waals surface area contributed by atoms with Crippen LogP contribution in [0.3, 0.4) is 0 Å². The topological polar surface area (TPSA) is 45.5 Å². The van der Waals surface area contributed by atoms with Gasteiger partial charge in [0.05, 0.1) is 0 Å². The van der Waals surface area contributed by atoms with Crippen molar-refractivity contribution in [3.63, 3.8) is 0 Å². The Bertz CT molecular complexity index is 570. The van der Waals surface area contributed by atoms with E-state index >= 15 is 0 Å². The van der Waals surface area contributed by atoms with Crippen LogP contribution >= 0.6 is 0 Å². The SMILES string of the molecule is CC1CCN(CCCNC(=O)/C=C/c2ccc(C3CC3C)o2)CC1. The molecule has 4 heteroatoms. The van der Waals surface area contributed by atoms with Gasteiger partial charge in [0.1, 0.15) is 11.5 Å². The lowest BCUT2D eigenvalue weighted by atomic mass is 9.99. The van der Waals surface area contributed by atoms with E-state index in [2.05, 4.69) is 24.1 Å². The number of nitrogens with one attached hydrogen (secondary N) is 1. The number of amides is 1. The number of carbonyl (C=O) groups is 1. The van der Waals surface area contributed by atoms with Crippen LogP contribution in [0.2, 0.25) is 0 Å². The van der Waals surface area contributed by atoms with Crippen LogP contribution in [0.15, 0.2) is 22.6 Å². The summed E-state index contributed by atoms with van der Waals surface area (Å²) >= 11 is 0. The molecule has 0 aromatic carbocycles. The van der Waals surface area contributed by atoms with Crippen molar-refractivity contribution in [3.8, 4) is 0 Å². The van der Waals surface area contributed by atoms with Gasteiger partial charge in [0.25, 0.3) is 0 Å². The first-order valence-electron chi connectivity index (χ1n) is 9.40. The third-order valence-corrected chi connectivity index (χ3v) is 5.35. The minimum Gasteiger partial charge on any atom is -0.461 e. The number of carbonyl (C=O) groups excluding carboxylic acids is 1. The molecule has 4 nitrogen and oxygen atoms in total. The molecular weight excluding hydrogens is 300 g/mol. The van der Waals surface area contributed by atoms with Crippen LogP contribution in [0.4, 0.5) is 0 Å². The quantitative estimate of drug-likeness (QED) is 0.613. The fourth-order valence-electron chi connectivity index (χ4n) is 3.39. The smallest absolute Gasteiger partial charge is 0.244 e. The fourth-order valence-corrected chi connectivity index (χ4v) is 3.39. The molecule has 2 unspecified atom stereocenters. The van der Waals surface area contributed by atoms with Gasteiger partial charge < -0.3 is 14.6 Å².